The van der Waals surface area contributed by atoms with Crippen LogP contribution in [0.4, 0.5) is 4.39 Å². The highest BCUT2D eigenvalue weighted by molar-refractivity contribution is 5.77. The highest BCUT2D eigenvalue weighted by Gasteiger charge is 2.06. The molecule has 3 rings (SSSR count). The zero-order valence-electron chi connectivity index (χ0n) is 12.4. The second kappa shape index (κ2) is 6.48. The van der Waals surface area contributed by atoms with Crippen LogP contribution in [0.3, 0.4) is 0 Å². The maximum Gasteiger partial charge on any atom is 0.323 e. The predicted molar refractivity (Wildman–Crippen MR) is 85.5 cm³/mol. The van der Waals surface area contributed by atoms with E-state index in [9.17, 15) is 14.0 Å². The lowest BCUT2D eigenvalue weighted by atomic mass is 10.1. The number of aromatic amines is 2. The molecule has 118 valence electrons. The van der Waals surface area contributed by atoms with Crippen LogP contribution >= 0.6 is 0 Å². The van der Waals surface area contributed by atoms with Gasteiger partial charge in [-0.05, 0) is 35.7 Å². The summed E-state index contributed by atoms with van der Waals surface area (Å²) in [5.74, 6) is -0.432. The van der Waals surface area contributed by atoms with Gasteiger partial charge in [-0.2, -0.15) is 0 Å². The molecule has 1 heterocycles. The van der Waals surface area contributed by atoms with Gasteiger partial charge in [0.2, 0.25) is 5.91 Å². The first kappa shape index (κ1) is 15.0. The molecular formula is C17H16FN3O2. The van der Waals surface area contributed by atoms with Crippen LogP contribution in [0, 0.1) is 5.82 Å². The first-order valence-corrected chi connectivity index (χ1v) is 7.33. The Morgan fingerprint density at radius 2 is 1.87 bits per heavy atom. The van der Waals surface area contributed by atoms with E-state index in [1.54, 1.807) is 24.3 Å². The second-order valence-electron chi connectivity index (χ2n) is 5.33. The number of fused-ring (bicyclic) bond motifs is 1. The zero-order chi connectivity index (χ0) is 16.2. The maximum absolute atomic E-state index is 13.5. The summed E-state index contributed by atoms with van der Waals surface area (Å²) < 4.78 is 13.5. The Bertz CT molecular complexity index is 898. The smallest absolute Gasteiger partial charge is 0.323 e. The molecule has 0 fully saturated rings. The summed E-state index contributed by atoms with van der Waals surface area (Å²) in [4.78, 5) is 28.4. The van der Waals surface area contributed by atoms with Crippen molar-refractivity contribution >= 4 is 16.9 Å². The molecule has 0 aliphatic carbocycles. The topological polar surface area (TPSA) is 77.8 Å². The van der Waals surface area contributed by atoms with Crippen LogP contribution < -0.4 is 11.0 Å². The number of carbonyl (C=O) groups excluding carboxylic acids is 1. The molecule has 0 unspecified atom stereocenters. The van der Waals surface area contributed by atoms with E-state index in [0.29, 0.717) is 24.0 Å². The zero-order valence-corrected chi connectivity index (χ0v) is 12.4. The molecule has 0 radical (unpaired) electrons. The Hall–Kier alpha value is -2.89. The molecule has 0 saturated carbocycles. The molecule has 0 spiro atoms. The second-order valence-corrected chi connectivity index (χ2v) is 5.33. The fourth-order valence-corrected chi connectivity index (χ4v) is 2.43. The third-order valence-electron chi connectivity index (χ3n) is 3.65. The number of benzene rings is 2. The molecule has 0 aliphatic rings. The van der Waals surface area contributed by atoms with Crippen LogP contribution in [0.2, 0.25) is 0 Å². The molecule has 0 bridgehead atoms. The third kappa shape index (κ3) is 3.66. The van der Waals surface area contributed by atoms with Crippen molar-refractivity contribution in [2.75, 3.05) is 0 Å². The van der Waals surface area contributed by atoms with E-state index in [1.165, 1.54) is 6.07 Å². The normalized spacial score (nSPS) is 10.8. The molecule has 5 nitrogen and oxygen atoms in total. The Kier molecular flexibility index (Phi) is 4.23. The van der Waals surface area contributed by atoms with Crippen LogP contribution in [-0.2, 0) is 17.8 Å². The van der Waals surface area contributed by atoms with Crippen molar-refractivity contribution in [2.45, 2.75) is 19.4 Å². The van der Waals surface area contributed by atoms with Crippen LogP contribution in [0.5, 0.6) is 0 Å². The number of aromatic nitrogens is 2. The number of nitrogens with one attached hydrogen (secondary N) is 3. The van der Waals surface area contributed by atoms with Gasteiger partial charge in [-0.25, -0.2) is 9.18 Å². The number of hydrogen-bond donors (Lipinski definition) is 3. The summed E-state index contributed by atoms with van der Waals surface area (Å²) in [5, 5.41) is 2.80. The highest BCUT2D eigenvalue weighted by Crippen LogP contribution is 2.11. The average Bonchev–Trinajstić information content (AvgIpc) is 2.91. The molecule has 0 saturated heterocycles. The number of halogens is 1. The predicted octanol–water partition coefficient (Wildman–Crippen LogP) is 2.24. The third-order valence-corrected chi connectivity index (χ3v) is 3.65. The number of hydrogen-bond acceptors (Lipinski definition) is 2. The van der Waals surface area contributed by atoms with Gasteiger partial charge < -0.3 is 15.3 Å². The standard InChI is InChI=1S/C17H16FN3O2/c18-13-4-2-1-3-12(13)6-8-16(22)19-10-11-5-7-14-15(9-11)21-17(23)20-14/h1-5,7,9H,6,8,10H2,(H,19,22)(H2,20,21,23). The summed E-state index contributed by atoms with van der Waals surface area (Å²) in [7, 11) is 0. The Labute approximate surface area is 131 Å². The molecule has 1 amide bonds. The molecule has 3 N–H and O–H groups in total. The van der Waals surface area contributed by atoms with Gasteiger partial charge in [0.05, 0.1) is 11.0 Å². The van der Waals surface area contributed by atoms with Crippen molar-refractivity contribution < 1.29 is 9.18 Å². The number of aryl methyl sites for hydroxylation is 1. The summed E-state index contributed by atoms with van der Waals surface area (Å²) in [5.41, 5.74) is 2.59. The Morgan fingerprint density at radius 1 is 1.09 bits per heavy atom. The van der Waals surface area contributed by atoms with Gasteiger partial charge in [0.25, 0.3) is 0 Å². The van der Waals surface area contributed by atoms with E-state index < -0.39 is 0 Å². The van der Waals surface area contributed by atoms with Crippen LogP contribution in [-0.4, -0.2) is 15.9 Å². The number of rotatable bonds is 5. The van der Waals surface area contributed by atoms with Gasteiger partial charge >= 0.3 is 5.69 Å². The van der Waals surface area contributed by atoms with Gasteiger partial charge in [-0.15, -0.1) is 0 Å². The van der Waals surface area contributed by atoms with E-state index in [-0.39, 0.29) is 23.8 Å². The number of H-pyrrole nitrogens is 2. The van der Waals surface area contributed by atoms with Crippen LogP contribution in [0.1, 0.15) is 17.5 Å². The fraction of sp³-hybridized carbons (Fsp3) is 0.176. The molecule has 3 aromatic rings. The lowest BCUT2D eigenvalue weighted by molar-refractivity contribution is -0.121. The molecule has 6 heteroatoms. The van der Waals surface area contributed by atoms with Gasteiger partial charge in [0.15, 0.2) is 0 Å². The first-order valence-electron chi connectivity index (χ1n) is 7.33. The maximum atomic E-state index is 13.5. The molecule has 0 atom stereocenters. The van der Waals surface area contributed by atoms with E-state index in [2.05, 4.69) is 15.3 Å². The highest BCUT2D eigenvalue weighted by atomic mass is 19.1. The summed E-state index contributed by atoms with van der Waals surface area (Å²) in [6, 6.07) is 11.9. The van der Waals surface area contributed by atoms with Crippen molar-refractivity contribution in [2.24, 2.45) is 0 Å². The van der Waals surface area contributed by atoms with Crippen molar-refractivity contribution in [1.82, 2.24) is 15.3 Å². The van der Waals surface area contributed by atoms with E-state index in [1.807, 2.05) is 12.1 Å². The average molecular weight is 313 g/mol. The van der Waals surface area contributed by atoms with Crippen molar-refractivity contribution in [3.63, 3.8) is 0 Å². The van der Waals surface area contributed by atoms with Crippen molar-refractivity contribution in [3.05, 3.63) is 69.9 Å². The molecular weight excluding hydrogens is 297 g/mol. The minimum absolute atomic E-state index is 0.143. The van der Waals surface area contributed by atoms with Crippen LogP contribution in [0.25, 0.3) is 11.0 Å². The van der Waals surface area contributed by atoms with Gasteiger partial charge in [0.1, 0.15) is 5.82 Å². The lowest BCUT2D eigenvalue weighted by Gasteiger charge is -2.06. The molecule has 0 aliphatic heterocycles. The number of carbonyl (C=O) groups is 1. The Morgan fingerprint density at radius 3 is 2.70 bits per heavy atom. The Balaban J connectivity index is 1.55. The van der Waals surface area contributed by atoms with E-state index >= 15 is 0 Å². The minimum Gasteiger partial charge on any atom is -0.352 e. The van der Waals surface area contributed by atoms with Crippen LogP contribution in [0.15, 0.2) is 47.3 Å². The molecule has 1 aromatic heterocycles. The number of amides is 1. The largest absolute Gasteiger partial charge is 0.352 e. The monoisotopic (exact) mass is 313 g/mol. The molecule has 2 aromatic carbocycles. The number of imidazole rings is 1. The van der Waals surface area contributed by atoms with Gasteiger partial charge in [0, 0.05) is 13.0 Å². The molecule has 23 heavy (non-hydrogen) atoms. The minimum atomic E-state index is -0.290. The fourth-order valence-electron chi connectivity index (χ4n) is 2.43. The first-order chi connectivity index (χ1) is 11.1. The van der Waals surface area contributed by atoms with Crippen molar-refractivity contribution in [3.8, 4) is 0 Å². The van der Waals surface area contributed by atoms with E-state index in [0.717, 1.165) is 11.1 Å². The summed E-state index contributed by atoms with van der Waals surface area (Å²) >= 11 is 0. The van der Waals surface area contributed by atoms with Gasteiger partial charge in [-0.3, -0.25) is 4.79 Å². The van der Waals surface area contributed by atoms with Crippen molar-refractivity contribution in [1.29, 1.82) is 0 Å². The quantitative estimate of drug-likeness (QED) is 0.675. The summed E-state index contributed by atoms with van der Waals surface area (Å²) in [6.45, 7) is 0.360. The SMILES string of the molecule is O=C(CCc1ccccc1F)NCc1ccc2[nH]c(=O)[nH]c2c1. The summed E-state index contributed by atoms with van der Waals surface area (Å²) in [6.07, 6.45) is 0.590. The van der Waals surface area contributed by atoms with E-state index in [4.69, 9.17) is 0 Å². The van der Waals surface area contributed by atoms with Gasteiger partial charge in [-0.1, -0.05) is 24.3 Å². The lowest BCUT2D eigenvalue weighted by Crippen LogP contribution is -2.23.